The van der Waals surface area contributed by atoms with Gasteiger partial charge in [-0.25, -0.2) is 24.1 Å². The Morgan fingerprint density at radius 3 is 2.73 bits per heavy atom. The van der Waals surface area contributed by atoms with E-state index in [1.807, 2.05) is 6.07 Å². The van der Waals surface area contributed by atoms with Crippen LogP contribution in [-0.2, 0) is 40.4 Å². The second-order valence-corrected chi connectivity index (χ2v) is 13.0. The average Bonchev–Trinajstić information content (AvgIpc) is 3.33. The van der Waals surface area contributed by atoms with Gasteiger partial charge in [0, 0.05) is 17.6 Å². The summed E-state index contributed by atoms with van der Waals surface area (Å²) >= 11 is 0. The zero-order valence-electron chi connectivity index (χ0n) is 18.2. The SMILES string of the molecule is COC(=O)C1Cc2c(C)nc(OCc3ccn(COCCS(C)(C)C)n3)c(F)c2C1. The first-order chi connectivity index (χ1) is 14.2. The minimum Gasteiger partial charge on any atom is -0.469 e. The van der Waals surface area contributed by atoms with Gasteiger partial charge >= 0.3 is 5.97 Å². The van der Waals surface area contributed by atoms with Gasteiger partial charge in [0.1, 0.15) is 13.3 Å². The van der Waals surface area contributed by atoms with Gasteiger partial charge in [-0.2, -0.15) is 5.10 Å². The Morgan fingerprint density at radius 1 is 1.30 bits per heavy atom. The Bertz CT molecular complexity index is 910. The number of ether oxygens (including phenoxy) is 3. The number of hydrogen-bond donors (Lipinski definition) is 0. The fraction of sp³-hybridized carbons (Fsp3) is 0.571. The molecule has 30 heavy (non-hydrogen) atoms. The summed E-state index contributed by atoms with van der Waals surface area (Å²) in [5, 5.41) is 4.39. The molecule has 1 unspecified atom stereocenters. The molecule has 0 saturated heterocycles. The van der Waals surface area contributed by atoms with Crippen LogP contribution in [-0.4, -0.2) is 59.0 Å². The van der Waals surface area contributed by atoms with E-state index in [4.69, 9.17) is 14.2 Å². The third-order valence-corrected chi connectivity index (χ3v) is 6.47. The van der Waals surface area contributed by atoms with Crippen LogP contribution in [0.4, 0.5) is 4.39 Å². The molecule has 1 atom stereocenters. The van der Waals surface area contributed by atoms with Gasteiger partial charge in [0.05, 0.1) is 25.3 Å². The normalized spacial score (nSPS) is 16.4. The molecule has 9 heteroatoms. The molecule has 7 nitrogen and oxygen atoms in total. The molecule has 0 saturated carbocycles. The second-order valence-electron chi connectivity index (χ2n) is 8.37. The van der Waals surface area contributed by atoms with Gasteiger partial charge in [-0.15, -0.1) is 0 Å². The van der Waals surface area contributed by atoms with E-state index in [-0.39, 0.29) is 24.4 Å². The van der Waals surface area contributed by atoms with Crippen molar-refractivity contribution in [1.29, 1.82) is 0 Å². The molecule has 0 amide bonds. The van der Waals surface area contributed by atoms with Crippen molar-refractivity contribution in [2.45, 2.75) is 33.1 Å². The maximum Gasteiger partial charge on any atom is 0.309 e. The van der Waals surface area contributed by atoms with E-state index in [1.165, 1.54) is 7.11 Å². The average molecular weight is 440 g/mol. The summed E-state index contributed by atoms with van der Waals surface area (Å²) in [6.45, 7) is 2.97. The lowest BCUT2D eigenvalue weighted by atomic mass is 10.1. The number of hydrogen-bond acceptors (Lipinski definition) is 6. The highest BCUT2D eigenvalue weighted by atomic mass is 32.3. The summed E-state index contributed by atoms with van der Waals surface area (Å²) < 4.78 is 32.7. The summed E-state index contributed by atoms with van der Waals surface area (Å²) in [7, 11) is 0.767. The Balaban J connectivity index is 1.58. The molecule has 2 heterocycles. The molecule has 1 aliphatic rings. The molecular formula is C21H30FN3O4S. The number of fused-ring (bicyclic) bond motifs is 1. The van der Waals surface area contributed by atoms with Gasteiger partial charge in [-0.05, 0) is 55.7 Å². The monoisotopic (exact) mass is 439 g/mol. The van der Waals surface area contributed by atoms with Crippen LogP contribution in [0, 0.1) is 18.7 Å². The number of pyridine rings is 1. The summed E-state index contributed by atoms with van der Waals surface area (Å²) in [5.74, 6) is -0.218. The lowest BCUT2D eigenvalue weighted by molar-refractivity contribution is -0.145. The molecule has 2 aromatic heterocycles. The topological polar surface area (TPSA) is 75.5 Å². The highest BCUT2D eigenvalue weighted by molar-refractivity contribution is 8.32. The quantitative estimate of drug-likeness (QED) is 0.442. The van der Waals surface area contributed by atoms with Crippen molar-refractivity contribution in [3.8, 4) is 5.88 Å². The molecule has 2 aromatic rings. The van der Waals surface area contributed by atoms with E-state index < -0.39 is 15.8 Å². The number of carbonyl (C=O) groups excluding carboxylic acids is 1. The third kappa shape index (κ3) is 5.51. The molecule has 0 fully saturated rings. The number of aryl methyl sites for hydroxylation is 1. The van der Waals surface area contributed by atoms with Gasteiger partial charge < -0.3 is 14.2 Å². The van der Waals surface area contributed by atoms with Gasteiger partial charge in [0.2, 0.25) is 0 Å². The summed E-state index contributed by atoms with van der Waals surface area (Å²) in [4.78, 5) is 16.1. The Morgan fingerprint density at radius 2 is 2.03 bits per heavy atom. The molecule has 3 rings (SSSR count). The highest BCUT2D eigenvalue weighted by Gasteiger charge is 2.33. The number of rotatable bonds is 9. The van der Waals surface area contributed by atoms with Crippen molar-refractivity contribution in [2.75, 3.05) is 38.2 Å². The van der Waals surface area contributed by atoms with Crippen LogP contribution in [0.1, 0.15) is 22.5 Å². The zero-order chi connectivity index (χ0) is 21.9. The Hall–Kier alpha value is -2.13. The largest absolute Gasteiger partial charge is 0.469 e. The zero-order valence-corrected chi connectivity index (χ0v) is 19.1. The lowest BCUT2D eigenvalue weighted by Crippen LogP contribution is -2.16. The standard InChI is InChI=1S/C21H30FN3O4S/c1-14-17-10-15(21(26)27-2)11-18(17)19(22)20(23-14)29-12-16-6-7-25(24-16)13-28-8-9-30(3,4)5/h6-7,15H,8-13H2,1-5H3. The van der Waals surface area contributed by atoms with Crippen LogP contribution in [0.5, 0.6) is 5.88 Å². The first kappa shape index (κ1) is 22.6. The maximum atomic E-state index is 14.9. The predicted molar refractivity (Wildman–Crippen MR) is 115 cm³/mol. The van der Waals surface area contributed by atoms with E-state index in [1.54, 1.807) is 17.8 Å². The van der Waals surface area contributed by atoms with Crippen molar-refractivity contribution >= 4 is 16.0 Å². The van der Waals surface area contributed by atoms with Crippen LogP contribution in [0.15, 0.2) is 12.3 Å². The molecular weight excluding hydrogens is 409 g/mol. The van der Waals surface area contributed by atoms with E-state index >= 15 is 0 Å². The summed E-state index contributed by atoms with van der Waals surface area (Å²) in [5.41, 5.74) is 2.60. The minimum absolute atomic E-state index is 0.0595. The fourth-order valence-electron chi connectivity index (χ4n) is 3.39. The molecule has 0 aliphatic heterocycles. The number of aromatic nitrogens is 3. The van der Waals surface area contributed by atoms with Gasteiger partial charge in [-0.1, -0.05) is 0 Å². The molecule has 0 N–H and O–H groups in total. The van der Waals surface area contributed by atoms with Crippen LogP contribution < -0.4 is 4.74 Å². The summed E-state index contributed by atoms with van der Waals surface area (Å²) in [6.07, 6.45) is 9.31. The molecule has 0 bridgehead atoms. The van der Waals surface area contributed by atoms with E-state index in [0.29, 0.717) is 43.1 Å². The van der Waals surface area contributed by atoms with Crippen molar-refractivity contribution in [2.24, 2.45) is 5.92 Å². The van der Waals surface area contributed by atoms with Crippen molar-refractivity contribution in [3.63, 3.8) is 0 Å². The highest BCUT2D eigenvalue weighted by Crippen LogP contribution is 2.35. The Kier molecular flexibility index (Phi) is 7.02. The number of esters is 1. The second kappa shape index (κ2) is 9.34. The first-order valence-electron chi connectivity index (χ1n) is 9.82. The summed E-state index contributed by atoms with van der Waals surface area (Å²) in [6, 6.07) is 1.81. The minimum atomic E-state index is -0.577. The van der Waals surface area contributed by atoms with Gasteiger partial charge in [0.25, 0.3) is 5.88 Å². The smallest absolute Gasteiger partial charge is 0.309 e. The van der Waals surface area contributed by atoms with Gasteiger partial charge in [0.15, 0.2) is 5.82 Å². The van der Waals surface area contributed by atoms with Crippen LogP contribution in [0.25, 0.3) is 0 Å². The Labute approximate surface area is 178 Å². The predicted octanol–water partition coefficient (Wildman–Crippen LogP) is 2.86. The third-order valence-electron chi connectivity index (χ3n) is 5.07. The van der Waals surface area contributed by atoms with Crippen molar-refractivity contribution in [3.05, 3.63) is 40.6 Å². The van der Waals surface area contributed by atoms with Crippen LogP contribution >= 0.6 is 10.0 Å². The van der Waals surface area contributed by atoms with E-state index in [2.05, 4.69) is 28.8 Å². The molecule has 0 radical (unpaired) electrons. The van der Waals surface area contributed by atoms with E-state index in [9.17, 15) is 9.18 Å². The van der Waals surface area contributed by atoms with Crippen LogP contribution in [0.3, 0.4) is 0 Å². The number of carbonyl (C=O) groups is 1. The molecule has 0 aromatic carbocycles. The molecule has 0 spiro atoms. The maximum absolute atomic E-state index is 14.9. The van der Waals surface area contributed by atoms with E-state index in [0.717, 1.165) is 11.3 Å². The number of halogens is 1. The molecule has 1 aliphatic carbocycles. The van der Waals surface area contributed by atoms with Crippen LogP contribution in [0.2, 0.25) is 0 Å². The fourth-order valence-corrected chi connectivity index (χ4v) is 4.01. The van der Waals surface area contributed by atoms with Crippen molar-refractivity contribution < 1.29 is 23.4 Å². The number of methoxy groups -OCH3 is 1. The first-order valence-corrected chi connectivity index (χ1v) is 12.8. The lowest BCUT2D eigenvalue weighted by Gasteiger charge is -2.24. The molecule has 166 valence electrons. The van der Waals surface area contributed by atoms with Crippen molar-refractivity contribution in [1.82, 2.24) is 14.8 Å². The number of nitrogens with zero attached hydrogens (tertiary/aromatic N) is 3. The van der Waals surface area contributed by atoms with Gasteiger partial charge in [-0.3, -0.25) is 4.79 Å².